The molecule has 0 bridgehead atoms. The van der Waals surface area contributed by atoms with E-state index < -0.39 is 23.5 Å². The minimum absolute atomic E-state index is 0.0532. The predicted molar refractivity (Wildman–Crippen MR) is 147 cm³/mol. The second-order valence-corrected chi connectivity index (χ2v) is 11.5. The minimum Gasteiger partial charge on any atom is -0.329 e. The number of benzene rings is 1. The van der Waals surface area contributed by atoms with Gasteiger partial charge in [0.15, 0.2) is 5.65 Å². The fourth-order valence-electron chi connectivity index (χ4n) is 5.60. The lowest BCUT2D eigenvalue weighted by molar-refractivity contribution is -0.143. The Bertz CT molecular complexity index is 1590. The van der Waals surface area contributed by atoms with Crippen LogP contribution in [0.1, 0.15) is 66.4 Å². The quantitative estimate of drug-likeness (QED) is 0.221. The number of aromatic nitrogens is 7. The fourth-order valence-corrected chi connectivity index (χ4v) is 5.60. The normalized spacial score (nSPS) is 15.2. The molecule has 0 spiro atoms. The van der Waals surface area contributed by atoms with E-state index in [9.17, 15) is 26.3 Å². The van der Waals surface area contributed by atoms with Crippen LogP contribution in [0.4, 0.5) is 32.3 Å². The van der Waals surface area contributed by atoms with Crippen molar-refractivity contribution in [3.8, 4) is 0 Å². The van der Waals surface area contributed by atoms with Crippen molar-refractivity contribution in [3.05, 3.63) is 57.9 Å². The van der Waals surface area contributed by atoms with Crippen molar-refractivity contribution in [3.63, 3.8) is 0 Å². The van der Waals surface area contributed by atoms with E-state index in [0.717, 1.165) is 47.3 Å². The molecule has 9 nitrogen and oxygen atoms in total. The van der Waals surface area contributed by atoms with Gasteiger partial charge in [0.25, 0.3) is 5.95 Å². The van der Waals surface area contributed by atoms with Gasteiger partial charge in [-0.3, -0.25) is 9.58 Å². The molecule has 1 fully saturated rings. The van der Waals surface area contributed by atoms with E-state index in [-0.39, 0.29) is 42.6 Å². The molecule has 1 aliphatic rings. The zero-order valence-electron chi connectivity index (χ0n) is 24.7. The number of rotatable bonds is 9. The average molecular weight is 610 g/mol. The summed E-state index contributed by atoms with van der Waals surface area (Å²) >= 11 is 0. The third kappa shape index (κ3) is 6.45. The van der Waals surface area contributed by atoms with E-state index in [1.54, 1.807) is 4.68 Å². The maximum Gasteiger partial charge on any atom is 0.416 e. The number of pyridine rings is 1. The van der Waals surface area contributed by atoms with Gasteiger partial charge in [0.05, 0.1) is 35.6 Å². The highest BCUT2D eigenvalue weighted by Crippen LogP contribution is 2.40. The lowest BCUT2D eigenvalue weighted by Gasteiger charge is -2.33. The van der Waals surface area contributed by atoms with Gasteiger partial charge in [-0.05, 0) is 73.3 Å². The molecule has 3 heterocycles. The van der Waals surface area contributed by atoms with E-state index in [1.165, 1.54) is 16.7 Å². The second-order valence-electron chi connectivity index (χ2n) is 11.5. The topological polar surface area (TPSA) is 80.8 Å². The molecule has 0 amide bonds. The van der Waals surface area contributed by atoms with Gasteiger partial charge in [0, 0.05) is 31.6 Å². The lowest BCUT2D eigenvalue weighted by Crippen LogP contribution is -2.33. The van der Waals surface area contributed by atoms with Crippen LogP contribution in [0, 0.1) is 12.8 Å². The Morgan fingerprint density at radius 3 is 2.07 bits per heavy atom. The van der Waals surface area contributed by atoms with Crippen molar-refractivity contribution < 1.29 is 26.3 Å². The standard InChI is InChI=1S/C28H33F6N9/c1-15(2)24(40(4)21-7-8-21)23-18(11-22-16(3)37-41(5)25(22)35-23)14-43(26-36-39-42(6)38-26)13-17-9-19(27(29,30)31)12-20(10-17)28(32,33)34/h9-12,15,21,24H,7-8,13-14H2,1-6H3. The van der Waals surface area contributed by atoms with E-state index in [1.807, 2.05) is 20.0 Å². The van der Waals surface area contributed by atoms with Crippen molar-refractivity contribution in [1.29, 1.82) is 0 Å². The Kier molecular flexibility index (Phi) is 7.90. The van der Waals surface area contributed by atoms with E-state index in [0.29, 0.717) is 11.7 Å². The molecular weight excluding hydrogens is 576 g/mol. The van der Waals surface area contributed by atoms with E-state index >= 15 is 0 Å². The molecular formula is C28H33F6N9. The summed E-state index contributed by atoms with van der Waals surface area (Å²) in [6.45, 7) is 5.76. The number of hydrogen-bond donors (Lipinski definition) is 0. The number of fused-ring (bicyclic) bond motifs is 1. The Hall–Kier alpha value is -3.75. The summed E-state index contributed by atoms with van der Waals surface area (Å²) in [4.78, 5) is 10.1. The first-order valence-corrected chi connectivity index (χ1v) is 13.8. The third-order valence-electron chi connectivity index (χ3n) is 7.75. The molecule has 0 radical (unpaired) electrons. The summed E-state index contributed by atoms with van der Waals surface area (Å²) in [6.07, 6.45) is -7.81. The Balaban J connectivity index is 1.64. The molecule has 0 aliphatic heterocycles. The Labute approximate surface area is 244 Å². The fraction of sp³-hybridized carbons (Fsp3) is 0.536. The van der Waals surface area contributed by atoms with Crippen molar-refractivity contribution >= 4 is 17.0 Å². The summed E-state index contributed by atoms with van der Waals surface area (Å²) < 4.78 is 83.7. The van der Waals surface area contributed by atoms with Crippen LogP contribution in [-0.4, -0.2) is 53.0 Å². The van der Waals surface area contributed by atoms with Crippen LogP contribution >= 0.6 is 0 Å². The number of aryl methyl sites for hydroxylation is 3. The maximum absolute atomic E-state index is 13.7. The molecule has 232 valence electrons. The summed E-state index contributed by atoms with van der Waals surface area (Å²) in [6, 6.07) is 3.82. The lowest BCUT2D eigenvalue weighted by atomic mass is 9.94. The summed E-state index contributed by atoms with van der Waals surface area (Å²) in [5, 5.41) is 17.5. The number of halogens is 6. The van der Waals surface area contributed by atoms with Gasteiger partial charge in [-0.15, -0.1) is 5.10 Å². The molecule has 4 aromatic rings. The predicted octanol–water partition coefficient (Wildman–Crippen LogP) is 5.84. The molecule has 1 saturated carbocycles. The Morgan fingerprint density at radius 1 is 0.930 bits per heavy atom. The van der Waals surface area contributed by atoms with Crippen molar-refractivity contribution in [2.24, 2.45) is 20.0 Å². The van der Waals surface area contributed by atoms with Crippen molar-refractivity contribution in [2.75, 3.05) is 11.9 Å². The van der Waals surface area contributed by atoms with Crippen LogP contribution in [0.15, 0.2) is 24.3 Å². The zero-order valence-corrected chi connectivity index (χ0v) is 24.7. The average Bonchev–Trinajstić information content (AvgIpc) is 3.61. The number of anilines is 1. The SMILES string of the molecule is Cc1nn(C)c2nc(C(C(C)C)N(C)C3CC3)c(CN(Cc3cc(C(F)(F)F)cc(C(F)(F)F)c3)c3nnn(C)n3)cc12. The molecule has 43 heavy (non-hydrogen) atoms. The van der Waals surface area contributed by atoms with Gasteiger partial charge in [-0.2, -0.15) is 36.2 Å². The van der Waals surface area contributed by atoms with Crippen LogP contribution in [0.5, 0.6) is 0 Å². The number of nitrogens with zero attached hydrogens (tertiary/aromatic N) is 9. The van der Waals surface area contributed by atoms with Crippen LogP contribution in [0.3, 0.4) is 0 Å². The Morgan fingerprint density at radius 2 is 1.56 bits per heavy atom. The molecule has 1 atom stereocenters. The van der Waals surface area contributed by atoms with Crippen LogP contribution in [0.25, 0.3) is 11.0 Å². The summed E-state index contributed by atoms with van der Waals surface area (Å²) in [7, 11) is 5.39. The van der Waals surface area contributed by atoms with Crippen LogP contribution < -0.4 is 4.90 Å². The first-order chi connectivity index (χ1) is 20.0. The largest absolute Gasteiger partial charge is 0.416 e. The summed E-state index contributed by atoms with van der Waals surface area (Å²) in [5.41, 5.74) is -0.0400. The molecule has 0 saturated heterocycles. The number of alkyl halides is 6. The molecule has 15 heteroatoms. The van der Waals surface area contributed by atoms with Crippen LogP contribution in [-0.2, 0) is 39.5 Å². The number of tetrazole rings is 1. The van der Waals surface area contributed by atoms with Gasteiger partial charge in [0.1, 0.15) is 0 Å². The smallest absolute Gasteiger partial charge is 0.329 e. The van der Waals surface area contributed by atoms with Gasteiger partial charge >= 0.3 is 12.4 Å². The minimum atomic E-state index is -4.97. The zero-order chi connectivity index (χ0) is 31.4. The third-order valence-corrected chi connectivity index (χ3v) is 7.75. The summed E-state index contributed by atoms with van der Waals surface area (Å²) in [5.74, 6) is 0.198. The highest BCUT2D eigenvalue weighted by Gasteiger charge is 2.38. The van der Waals surface area contributed by atoms with Crippen LogP contribution in [0.2, 0.25) is 0 Å². The highest BCUT2D eigenvalue weighted by atomic mass is 19.4. The molecule has 1 aliphatic carbocycles. The van der Waals surface area contributed by atoms with Gasteiger partial charge < -0.3 is 4.90 Å². The molecule has 0 N–H and O–H groups in total. The number of hydrogen-bond acceptors (Lipinski definition) is 7. The molecule has 3 aromatic heterocycles. The second kappa shape index (κ2) is 11.1. The van der Waals surface area contributed by atoms with E-state index in [4.69, 9.17) is 4.98 Å². The van der Waals surface area contributed by atoms with Crippen molar-refractivity contribution in [2.45, 2.75) is 71.1 Å². The van der Waals surface area contributed by atoms with Gasteiger partial charge in [-0.25, -0.2) is 4.98 Å². The molecule has 1 unspecified atom stereocenters. The van der Waals surface area contributed by atoms with E-state index in [2.05, 4.69) is 46.3 Å². The van der Waals surface area contributed by atoms with Gasteiger partial charge in [-0.1, -0.05) is 18.9 Å². The maximum atomic E-state index is 13.7. The first kappa shape index (κ1) is 30.7. The van der Waals surface area contributed by atoms with Crippen molar-refractivity contribution in [1.82, 2.24) is 39.9 Å². The van der Waals surface area contributed by atoms with Gasteiger partial charge in [0.2, 0.25) is 0 Å². The monoisotopic (exact) mass is 609 g/mol. The highest BCUT2D eigenvalue weighted by molar-refractivity contribution is 5.79. The molecule has 5 rings (SSSR count). The first-order valence-electron chi connectivity index (χ1n) is 13.8. The molecule has 1 aromatic carbocycles.